The summed E-state index contributed by atoms with van der Waals surface area (Å²) in [6.45, 7) is 7.63. The highest BCUT2D eigenvalue weighted by Crippen LogP contribution is 2.28. The van der Waals surface area contributed by atoms with Crippen LogP contribution in [0.5, 0.6) is 5.75 Å². The molecule has 28 heavy (non-hydrogen) atoms. The van der Waals surface area contributed by atoms with Crippen molar-refractivity contribution in [3.63, 3.8) is 0 Å². The van der Waals surface area contributed by atoms with Crippen molar-refractivity contribution < 1.29 is 17.9 Å². The molecule has 0 heterocycles. The van der Waals surface area contributed by atoms with Crippen LogP contribution in [0.4, 0.5) is 11.4 Å². The van der Waals surface area contributed by atoms with Crippen LogP contribution < -0.4 is 14.4 Å². The van der Waals surface area contributed by atoms with Crippen LogP contribution >= 0.6 is 0 Å². The average molecular weight is 405 g/mol. The van der Waals surface area contributed by atoms with Gasteiger partial charge in [0.05, 0.1) is 19.1 Å². The lowest BCUT2D eigenvalue weighted by molar-refractivity contribution is -0.117. The van der Waals surface area contributed by atoms with E-state index in [4.69, 9.17) is 4.74 Å². The smallest absolute Gasteiger partial charge is 0.248 e. The molecule has 2 aromatic rings. The van der Waals surface area contributed by atoms with Gasteiger partial charge in [-0.3, -0.25) is 9.10 Å². The van der Waals surface area contributed by atoms with E-state index in [0.717, 1.165) is 27.3 Å². The first-order valence-electron chi connectivity index (χ1n) is 9.10. The van der Waals surface area contributed by atoms with Crippen LogP contribution in [0, 0.1) is 20.8 Å². The number of rotatable bonds is 7. The Morgan fingerprint density at radius 1 is 1.14 bits per heavy atom. The second kappa shape index (κ2) is 8.65. The second-order valence-electron chi connectivity index (χ2n) is 6.95. The Hall–Kier alpha value is -2.54. The van der Waals surface area contributed by atoms with Gasteiger partial charge >= 0.3 is 0 Å². The molecule has 1 atom stereocenters. The maximum absolute atomic E-state index is 13.1. The van der Waals surface area contributed by atoms with Crippen LogP contribution in [0.3, 0.4) is 0 Å². The molecule has 2 aromatic carbocycles. The third kappa shape index (κ3) is 4.84. The minimum atomic E-state index is -3.70. The van der Waals surface area contributed by atoms with Crippen molar-refractivity contribution in [2.45, 2.75) is 40.2 Å². The first kappa shape index (κ1) is 21.8. The summed E-state index contributed by atoms with van der Waals surface area (Å²) < 4.78 is 31.5. The number of aryl methyl sites for hydroxylation is 3. The van der Waals surface area contributed by atoms with Crippen LogP contribution in [0.15, 0.2) is 36.4 Å². The second-order valence-corrected chi connectivity index (χ2v) is 8.81. The SMILES string of the molecule is CCC(C(=O)Nc1c(C)cc(C)cc1C)N(c1cccc(OC)c1)S(C)(=O)=O. The number of benzene rings is 2. The Morgan fingerprint density at radius 2 is 1.75 bits per heavy atom. The Bertz CT molecular complexity index is 947. The number of ether oxygens (including phenoxy) is 1. The van der Waals surface area contributed by atoms with E-state index >= 15 is 0 Å². The van der Waals surface area contributed by atoms with Crippen molar-refractivity contribution in [3.8, 4) is 5.75 Å². The maximum Gasteiger partial charge on any atom is 0.248 e. The van der Waals surface area contributed by atoms with E-state index in [0.29, 0.717) is 23.5 Å². The normalized spacial score (nSPS) is 12.4. The zero-order valence-corrected chi connectivity index (χ0v) is 18.1. The number of carbonyl (C=O) groups is 1. The number of nitrogens with zero attached hydrogens (tertiary/aromatic N) is 1. The minimum Gasteiger partial charge on any atom is -0.497 e. The molecule has 7 heteroatoms. The summed E-state index contributed by atoms with van der Waals surface area (Å²) in [5.41, 5.74) is 4.09. The Labute approximate surface area is 167 Å². The molecule has 0 saturated carbocycles. The van der Waals surface area contributed by atoms with Gasteiger partial charge in [0.25, 0.3) is 0 Å². The number of sulfonamides is 1. The van der Waals surface area contributed by atoms with Gasteiger partial charge in [0.15, 0.2) is 0 Å². The molecule has 2 rings (SSSR count). The molecule has 0 aliphatic heterocycles. The summed E-state index contributed by atoms with van der Waals surface area (Å²) in [6.07, 6.45) is 1.42. The van der Waals surface area contributed by atoms with Gasteiger partial charge in [0.2, 0.25) is 15.9 Å². The van der Waals surface area contributed by atoms with Crippen LogP contribution in [0.1, 0.15) is 30.0 Å². The molecule has 152 valence electrons. The van der Waals surface area contributed by atoms with E-state index in [9.17, 15) is 13.2 Å². The van der Waals surface area contributed by atoms with E-state index in [1.54, 1.807) is 31.2 Å². The van der Waals surface area contributed by atoms with Crippen molar-refractivity contribution in [3.05, 3.63) is 53.1 Å². The Balaban J connectivity index is 2.45. The predicted octanol–water partition coefficient (Wildman–Crippen LogP) is 3.80. The molecule has 1 unspecified atom stereocenters. The molecule has 0 aliphatic rings. The molecule has 0 fully saturated rings. The van der Waals surface area contributed by atoms with Gasteiger partial charge in [-0.25, -0.2) is 8.42 Å². The molecule has 0 spiro atoms. The number of anilines is 2. The van der Waals surface area contributed by atoms with Gasteiger partial charge < -0.3 is 10.1 Å². The number of methoxy groups -OCH3 is 1. The van der Waals surface area contributed by atoms with E-state index in [1.165, 1.54) is 7.11 Å². The van der Waals surface area contributed by atoms with Gasteiger partial charge in [-0.2, -0.15) is 0 Å². The standard InChI is InChI=1S/C21H28N2O4S/c1-7-19(21(24)22-20-15(3)11-14(2)12-16(20)4)23(28(6,25)26)17-9-8-10-18(13-17)27-5/h8-13,19H,7H2,1-6H3,(H,22,24). The monoisotopic (exact) mass is 404 g/mol. The number of hydrogen-bond acceptors (Lipinski definition) is 4. The van der Waals surface area contributed by atoms with Crippen molar-refractivity contribution in [1.82, 2.24) is 0 Å². The minimum absolute atomic E-state index is 0.320. The maximum atomic E-state index is 13.1. The highest BCUT2D eigenvalue weighted by Gasteiger charge is 2.32. The lowest BCUT2D eigenvalue weighted by Gasteiger charge is -2.30. The molecule has 0 bridgehead atoms. The fraction of sp³-hybridized carbons (Fsp3) is 0.381. The number of carbonyl (C=O) groups excluding carboxylic acids is 1. The van der Waals surface area contributed by atoms with Gasteiger partial charge in [-0.05, 0) is 50.5 Å². The number of amides is 1. The Kier molecular flexibility index (Phi) is 6.72. The van der Waals surface area contributed by atoms with Crippen LogP contribution in [-0.4, -0.2) is 33.7 Å². The quantitative estimate of drug-likeness (QED) is 0.761. The largest absolute Gasteiger partial charge is 0.497 e. The first-order valence-corrected chi connectivity index (χ1v) is 11.0. The molecule has 6 nitrogen and oxygen atoms in total. The summed E-state index contributed by atoms with van der Waals surface area (Å²) in [4.78, 5) is 13.1. The van der Waals surface area contributed by atoms with E-state index in [1.807, 2.05) is 32.9 Å². The fourth-order valence-electron chi connectivity index (χ4n) is 3.39. The molecule has 0 aromatic heterocycles. The zero-order chi connectivity index (χ0) is 21.1. The molecule has 0 saturated heterocycles. The van der Waals surface area contributed by atoms with Crippen LogP contribution in [0.2, 0.25) is 0 Å². The van der Waals surface area contributed by atoms with Crippen LogP contribution in [0.25, 0.3) is 0 Å². The van der Waals surface area contributed by atoms with Crippen LogP contribution in [-0.2, 0) is 14.8 Å². The summed E-state index contributed by atoms with van der Waals surface area (Å²) in [5.74, 6) is 0.150. The topological polar surface area (TPSA) is 75.7 Å². The molecular weight excluding hydrogens is 376 g/mol. The lowest BCUT2D eigenvalue weighted by atomic mass is 10.0. The summed E-state index contributed by atoms with van der Waals surface area (Å²) >= 11 is 0. The van der Waals surface area contributed by atoms with Gasteiger partial charge in [-0.15, -0.1) is 0 Å². The van der Waals surface area contributed by atoms with E-state index in [-0.39, 0.29) is 5.91 Å². The van der Waals surface area contributed by atoms with Gasteiger partial charge in [0.1, 0.15) is 11.8 Å². The zero-order valence-electron chi connectivity index (χ0n) is 17.2. The van der Waals surface area contributed by atoms with Gasteiger partial charge in [-0.1, -0.05) is 30.7 Å². The molecule has 1 N–H and O–H groups in total. The fourth-order valence-corrected chi connectivity index (χ4v) is 4.60. The third-order valence-corrected chi connectivity index (χ3v) is 5.74. The molecular formula is C21H28N2O4S. The highest BCUT2D eigenvalue weighted by molar-refractivity contribution is 7.92. The summed E-state index contributed by atoms with van der Waals surface area (Å²) in [6, 6.07) is 9.78. The Morgan fingerprint density at radius 3 is 2.25 bits per heavy atom. The molecule has 0 aliphatic carbocycles. The first-order chi connectivity index (χ1) is 13.1. The molecule has 0 radical (unpaired) electrons. The van der Waals surface area contributed by atoms with Crippen molar-refractivity contribution in [2.75, 3.05) is 23.0 Å². The van der Waals surface area contributed by atoms with E-state index in [2.05, 4.69) is 5.32 Å². The summed E-state index contributed by atoms with van der Waals surface area (Å²) in [7, 11) is -2.19. The lowest BCUT2D eigenvalue weighted by Crippen LogP contribution is -2.47. The van der Waals surface area contributed by atoms with Crippen molar-refractivity contribution in [1.29, 1.82) is 0 Å². The van der Waals surface area contributed by atoms with E-state index < -0.39 is 16.1 Å². The average Bonchev–Trinajstić information content (AvgIpc) is 2.61. The van der Waals surface area contributed by atoms with Crippen molar-refractivity contribution in [2.24, 2.45) is 0 Å². The predicted molar refractivity (Wildman–Crippen MR) is 114 cm³/mol. The summed E-state index contributed by atoms with van der Waals surface area (Å²) in [5, 5.41) is 2.93. The number of hydrogen-bond donors (Lipinski definition) is 1. The third-order valence-electron chi connectivity index (χ3n) is 4.56. The number of nitrogens with one attached hydrogen (secondary N) is 1. The van der Waals surface area contributed by atoms with Gasteiger partial charge in [0, 0.05) is 11.8 Å². The van der Waals surface area contributed by atoms with Crippen molar-refractivity contribution >= 4 is 27.3 Å². The highest BCUT2D eigenvalue weighted by atomic mass is 32.2. The molecule has 1 amide bonds.